The van der Waals surface area contributed by atoms with Gasteiger partial charge < -0.3 is 0 Å². The van der Waals surface area contributed by atoms with Gasteiger partial charge in [0, 0.05) is 0 Å². The molecule has 0 aromatic carbocycles. The van der Waals surface area contributed by atoms with Crippen molar-refractivity contribution in [2.45, 2.75) is 4.94 Å². The van der Waals surface area contributed by atoms with Gasteiger partial charge in [-0.05, 0) is 0 Å². The Labute approximate surface area is 53.4 Å². The van der Waals surface area contributed by atoms with Gasteiger partial charge in [0.2, 0.25) is 0 Å². The molecule has 0 unspecified atom stereocenters. The molecule has 1 nitrogen and oxygen atoms in total. The summed E-state index contributed by atoms with van der Waals surface area (Å²) in [4.78, 5) is 5.46. The second kappa shape index (κ2) is 2.40. The minimum atomic E-state index is -0.152. The number of hydrogen-bond donors (Lipinski definition) is 1. The van der Waals surface area contributed by atoms with E-state index in [-0.39, 0.29) is 21.1 Å². The van der Waals surface area contributed by atoms with E-state index in [9.17, 15) is 0 Å². The normalized spacial score (nSPS) is 9.29. The Kier molecular flexibility index (Phi) is 1.79. The first-order valence-electron chi connectivity index (χ1n) is 2.24. The van der Waals surface area contributed by atoms with Crippen molar-refractivity contribution in [3.8, 4) is 0 Å². The fourth-order valence-electron chi connectivity index (χ4n) is 0.486. The van der Waals surface area contributed by atoms with Crippen LogP contribution >= 0.6 is 0 Å². The Morgan fingerprint density at radius 2 is 2.57 bits per heavy atom. The Morgan fingerprint density at radius 3 is 2.86 bits per heavy atom. The number of nitrogens with one attached hydrogen (secondary N) is 1. The molecule has 0 saturated heterocycles. The van der Waals surface area contributed by atoms with Crippen LogP contribution in [-0.2, 0) is 0 Å². The molecule has 0 saturated carbocycles. The summed E-state index contributed by atoms with van der Waals surface area (Å²) in [5.74, 6) is 0. The summed E-state index contributed by atoms with van der Waals surface area (Å²) in [6.45, 7) is 0. The number of aromatic nitrogens is 1. The Bertz CT molecular complexity index is 123. The topological polar surface area (TPSA) is 15.8 Å². The van der Waals surface area contributed by atoms with Gasteiger partial charge in [-0.3, -0.25) is 0 Å². The first-order chi connectivity index (χ1) is 3.43. The summed E-state index contributed by atoms with van der Waals surface area (Å²) < 4.78 is 1.48. The van der Waals surface area contributed by atoms with Crippen molar-refractivity contribution < 1.29 is 0 Å². The fraction of sp³-hybridized carbons (Fsp3) is 0.200. The molecule has 1 aromatic heterocycles. The standard InChI is InChI=1S/C4H4N.CH3.Sn/c1-2-4-5-3-1;;/h1-3,5H;1H3;. The fourth-order valence-corrected chi connectivity index (χ4v) is 1.89. The zero-order chi connectivity index (χ0) is 5.11. The van der Waals surface area contributed by atoms with Crippen LogP contribution in [0.3, 0.4) is 0 Å². The van der Waals surface area contributed by atoms with E-state index in [2.05, 4.69) is 22.1 Å². The number of aromatic amines is 1. The number of rotatable bonds is 1. The average Bonchev–Trinajstić information content (AvgIpc) is 2.14. The number of H-pyrrole nitrogens is 1. The first-order valence-corrected chi connectivity index (χ1v) is 6.53. The molecule has 0 spiro atoms. The van der Waals surface area contributed by atoms with E-state index >= 15 is 0 Å². The zero-order valence-corrected chi connectivity index (χ0v) is 7.09. The molecular formula is C5H7NSn. The van der Waals surface area contributed by atoms with Gasteiger partial charge in [0.15, 0.2) is 0 Å². The van der Waals surface area contributed by atoms with E-state index in [0.29, 0.717) is 0 Å². The van der Waals surface area contributed by atoms with E-state index in [1.54, 1.807) is 0 Å². The predicted octanol–water partition coefficient (Wildman–Crippen LogP) is 0.392. The molecule has 1 N–H and O–H groups in total. The summed E-state index contributed by atoms with van der Waals surface area (Å²) in [5.41, 5.74) is 0. The maximum absolute atomic E-state index is 3.16. The molecule has 1 aromatic rings. The Balaban J connectivity index is 2.76. The molecule has 0 atom stereocenters. The van der Waals surface area contributed by atoms with Gasteiger partial charge in [0.1, 0.15) is 0 Å². The molecule has 0 bridgehead atoms. The second-order valence-electron chi connectivity index (χ2n) is 1.33. The molecule has 0 amide bonds. The quantitative estimate of drug-likeness (QED) is 0.631. The molecule has 0 aliphatic carbocycles. The van der Waals surface area contributed by atoms with Gasteiger partial charge in [-0.2, -0.15) is 0 Å². The third-order valence-corrected chi connectivity index (χ3v) is 3.29. The van der Waals surface area contributed by atoms with E-state index in [1.165, 1.54) is 3.71 Å². The molecule has 2 heteroatoms. The van der Waals surface area contributed by atoms with E-state index in [0.717, 1.165) is 0 Å². The monoisotopic (exact) mass is 201 g/mol. The third-order valence-electron chi connectivity index (χ3n) is 0.867. The number of hydrogen-bond acceptors (Lipinski definition) is 0. The Hall–Kier alpha value is 0.0787. The van der Waals surface area contributed by atoms with Crippen molar-refractivity contribution in [2.75, 3.05) is 0 Å². The molecule has 36 valence electrons. The summed E-state index contributed by atoms with van der Waals surface area (Å²) in [5, 5.41) is 0. The molecule has 1 rings (SSSR count). The van der Waals surface area contributed by atoms with E-state index in [1.807, 2.05) is 6.20 Å². The van der Waals surface area contributed by atoms with Crippen LogP contribution in [0.1, 0.15) is 0 Å². The molecule has 0 aliphatic heterocycles. The summed E-state index contributed by atoms with van der Waals surface area (Å²) >= 11 is -0.152. The molecule has 2 radical (unpaired) electrons. The van der Waals surface area contributed by atoms with Gasteiger partial charge in [-0.1, -0.05) is 0 Å². The van der Waals surface area contributed by atoms with Crippen LogP contribution in [0, 0.1) is 0 Å². The van der Waals surface area contributed by atoms with E-state index < -0.39 is 0 Å². The van der Waals surface area contributed by atoms with Crippen molar-refractivity contribution in [3.63, 3.8) is 0 Å². The zero-order valence-electron chi connectivity index (χ0n) is 4.23. The predicted molar refractivity (Wildman–Crippen MR) is 32.0 cm³/mol. The van der Waals surface area contributed by atoms with Crippen LogP contribution in [0.2, 0.25) is 4.94 Å². The van der Waals surface area contributed by atoms with Crippen molar-refractivity contribution >= 4 is 24.9 Å². The molecular weight excluding hydrogens is 193 g/mol. The summed E-state index contributed by atoms with van der Waals surface area (Å²) in [7, 11) is 0. The van der Waals surface area contributed by atoms with Gasteiger partial charge in [-0.15, -0.1) is 0 Å². The first kappa shape index (κ1) is 5.22. The SMILES string of the molecule is [CH3][Sn][c]1ccc[nH]1. The second-order valence-corrected chi connectivity index (χ2v) is 4.30. The summed E-state index contributed by atoms with van der Waals surface area (Å²) in [6.07, 6.45) is 1.99. The van der Waals surface area contributed by atoms with Crippen molar-refractivity contribution in [1.82, 2.24) is 4.98 Å². The summed E-state index contributed by atoms with van der Waals surface area (Å²) in [6, 6.07) is 4.21. The van der Waals surface area contributed by atoms with E-state index in [4.69, 9.17) is 0 Å². The molecule has 1 heterocycles. The van der Waals surface area contributed by atoms with Gasteiger partial charge >= 0.3 is 53.1 Å². The van der Waals surface area contributed by atoms with Gasteiger partial charge in [0.05, 0.1) is 0 Å². The third kappa shape index (κ3) is 1.23. The minimum absolute atomic E-state index is 0.152. The van der Waals surface area contributed by atoms with Crippen LogP contribution in [0.15, 0.2) is 18.3 Å². The maximum atomic E-state index is 3.16. The average molecular weight is 200 g/mol. The molecule has 0 fully saturated rings. The van der Waals surface area contributed by atoms with Gasteiger partial charge in [-0.25, -0.2) is 0 Å². The van der Waals surface area contributed by atoms with Crippen LogP contribution in [0.25, 0.3) is 0 Å². The van der Waals surface area contributed by atoms with Crippen LogP contribution in [0.5, 0.6) is 0 Å². The Morgan fingerprint density at radius 1 is 1.71 bits per heavy atom. The molecule has 0 aliphatic rings. The van der Waals surface area contributed by atoms with Crippen molar-refractivity contribution in [3.05, 3.63) is 18.3 Å². The van der Waals surface area contributed by atoms with Crippen LogP contribution in [0.4, 0.5) is 0 Å². The molecule has 7 heavy (non-hydrogen) atoms. The van der Waals surface area contributed by atoms with Crippen molar-refractivity contribution in [1.29, 1.82) is 0 Å². The van der Waals surface area contributed by atoms with Crippen LogP contribution < -0.4 is 3.71 Å². The van der Waals surface area contributed by atoms with Crippen LogP contribution in [-0.4, -0.2) is 26.1 Å². The van der Waals surface area contributed by atoms with Gasteiger partial charge in [0.25, 0.3) is 0 Å². The van der Waals surface area contributed by atoms with Crippen molar-refractivity contribution in [2.24, 2.45) is 0 Å².